The number of rotatable bonds is 6. The molecule has 7 nitrogen and oxygen atoms in total. The van der Waals surface area contributed by atoms with Gasteiger partial charge in [-0.25, -0.2) is 4.99 Å². The third-order valence-corrected chi connectivity index (χ3v) is 5.45. The van der Waals surface area contributed by atoms with Crippen molar-refractivity contribution >= 4 is 29.9 Å². The first kappa shape index (κ1) is 23.4. The van der Waals surface area contributed by atoms with Crippen molar-refractivity contribution in [3.05, 3.63) is 41.5 Å². The molecule has 1 aromatic carbocycles. The summed E-state index contributed by atoms with van der Waals surface area (Å²) >= 11 is 0. The molecule has 2 unspecified atom stereocenters. The Labute approximate surface area is 190 Å². The van der Waals surface area contributed by atoms with Crippen LogP contribution in [-0.4, -0.2) is 33.9 Å². The molecule has 1 aliphatic rings. The maximum atomic E-state index is 5.23. The van der Waals surface area contributed by atoms with E-state index in [9.17, 15) is 0 Å². The Balaban J connectivity index is 0.00000300. The van der Waals surface area contributed by atoms with E-state index in [0.29, 0.717) is 19.1 Å². The number of aryl methyl sites for hydroxylation is 1. The summed E-state index contributed by atoms with van der Waals surface area (Å²) in [5.74, 6) is 4.25. The van der Waals surface area contributed by atoms with Crippen LogP contribution in [-0.2, 0) is 20.1 Å². The summed E-state index contributed by atoms with van der Waals surface area (Å²) < 4.78 is 7.23. The van der Waals surface area contributed by atoms with Crippen LogP contribution in [0.15, 0.2) is 29.3 Å². The maximum absolute atomic E-state index is 5.23. The Morgan fingerprint density at radius 3 is 2.62 bits per heavy atom. The Bertz CT molecular complexity index is 789. The van der Waals surface area contributed by atoms with Crippen molar-refractivity contribution in [3.8, 4) is 5.75 Å². The van der Waals surface area contributed by atoms with Crippen molar-refractivity contribution in [2.24, 2.45) is 18.0 Å². The fourth-order valence-electron chi connectivity index (χ4n) is 3.58. The summed E-state index contributed by atoms with van der Waals surface area (Å²) in [7, 11) is 3.66. The summed E-state index contributed by atoms with van der Waals surface area (Å²) in [4.78, 5) is 4.82. The lowest BCUT2D eigenvalue weighted by Gasteiger charge is -2.29. The molecule has 0 spiro atoms. The Hall–Kier alpha value is -1.84. The van der Waals surface area contributed by atoms with Gasteiger partial charge in [0.25, 0.3) is 0 Å². The summed E-state index contributed by atoms with van der Waals surface area (Å²) in [6.45, 7) is 5.49. The Kier molecular flexibility index (Phi) is 9.19. The van der Waals surface area contributed by atoms with Gasteiger partial charge in [0.05, 0.1) is 20.2 Å². The fourth-order valence-corrected chi connectivity index (χ4v) is 3.58. The molecule has 2 N–H and O–H groups in total. The molecule has 1 heterocycles. The zero-order valence-electron chi connectivity index (χ0n) is 17.8. The lowest BCUT2D eigenvalue weighted by Crippen LogP contribution is -2.45. The zero-order valence-corrected chi connectivity index (χ0v) is 20.1. The molecule has 1 saturated carbocycles. The number of halogens is 1. The van der Waals surface area contributed by atoms with Crippen LogP contribution in [0, 0.1) is 12.8 Å². The summed E-state index contributed by atoms with van der Waals surface area (Å²) in [6, 6.07) is 8.50. The molecule has 0 aliphatic heterocycles. The smallest absolute Gasteiger partial charge is 0.192 e. The van der Waals surface area contributed by atoms with Crippen LogP contribution in [0.3, 0.4) is 0 Å². The summed E-state index contributed by atoms with van der Waals surface area (Å²) in [5.41, 5.74) is 1.15. The second kappa shape index (κ2) is 11.4. The number of methoxy groups -OCH3 is 1. The Morgan fingerprint density at radius 2 is 2.00 bits per heavy atom. The summed E-state index contributed by atoms with van der Waals surface area (Å²) in [5, 5.41) is 15.4. The molecular formula is C21H33IN6O. The molecule has 1 aromatic heterocycles. The van der Waals surface area contributed by atoms with Gasteiger partial charge in [-0.15, -0.1) is 34.2 Å². The van der Waals surface area contributed by atoms with E-state index in [0.717, 1.165) is 34.8 Å². The average molecular weight is 512 g/mol. The maximum Gasteiger partial charge on any atom is 0.192 e. The van der Waals surface area contributed by atoms with Crippen LogP contribution in [0.4, 0.5) is 0 Å². The van der Waals surface area contributed by atoms with E-state index < -0.39 is 0 Å². The molecule has 2 aromatic rings. The van der Waals surface area contributed by atoms with Crippen LogP contribution in [0.25, 0.3) is 0 Å². The molecule has 160 valence electrons. The van der Waals surface area contributed by atoms with Crippen LogP contribution in [0.1, 0.15) is 49.8 Å². The first-order valence-electron chi connectivity index (χ1n) is 10.1. The highest BCUT2D eigenvalue weighted by molar-refractivity contribution is 14.0. The van der Waals surface area contributed by atoms with Crippen LogP contribution < -0.4 is 15.4 Å². The van der Waals surface area contributed by atoms with Gasteiger partial charge >= 0.3 is 0 Å². The number of aromatic nitrogens is 3. The lowest BCUT2D eigenvalue weighted by molar-refractivity contribution is 0.324. The molecule has 0 amide bonds. The molecular weight excluding hydrogens is 479 g/mol. The normalized spacial score (nSPS) is 19.4. The minimum atomic E-state index is 0. The van der Waals surface area contributed by atoms with Gasteiger partial charge in [0.15, 0.2) is 11.8 Å². The van der Waals surface area contributed by atoms with E-state index in [1.165, 1.54) is 25.7 Å². The minimum absolute atomic E-state index is 0. The minimum Gasteiger partial charge on any atom is -0.497 e. The highest BCUT2D eigenvalue weighted by atomic mass is 127. The number of guanidine groups is 1. The standard InChI is InChI=1S/C21H32N6O.HI/c1-15-6-5-7-18(12-15)24-21(23-14-20-26-25-16(2)27(20)3)22-13-17-8-10-19(28-4)11-9-17;/h8-11,15,18H,5-7,12-14H2,1-4H3,(H2,22,23,24);1H. The first-order chi connectivity index (χ1) is 13.5. The molecule has 29 heavy (non-hydrogen) atoms. The average Bonchev–Trinajstić information content (AvgIpc) is 3.02. The number of hydrogen-bond donors (Lipinski definition) is 2. The van der Waals surface area contributed by atoms with Gasteiger partial charge in [0, 0.05) is 13.1 Å². The third-order valence-electron chi connectivity index (χ3n) is 5.45. The van der Waals surface area contributed by atoms with Gasteiger partial charge in [0.1, 0.15) is 11.6 Å². The van der Waals surface area contributed by atoms with Crippen molar-refractivity contribution in [2.75, 3.05) is 7.11 Å². The van der Waals surface area contributed by atoms with E-state index >= 15 is 0 Å². The fraction of sp³-hybridized carbons (Fsp3) is 0.571. The number of hydrogen-bond acceptors (Lipinski definition) is 4. The quantitative estimate of drug-likeness (QED) is 0.352. The second-order valence-electron chi connectivity index (χ2n) is 7.70. The molecule has 0 radical (unpaired) electrons. The topological polar surface area (TPSA) is 76.4 Å². The lowest BCUT2D eigenvalue weighted by atomic mass is 9.87. The van der Waals surface area contributed by atoms with Gasteiger partial charge in [-0.05, 0) is 43.4 Å². The van der Waals surface area contributed by atoms with Crippen molar-refractivity contribution in [1.29, 1.82) is 0 Å². The predicted octanol–water partition coefficient (Wildman–Crippen LogP) is 3.56. The third kappa shape index (κ3) is 6.87. The van der Waals surface area contributed by atoms with E-state index in [1.54, 1.807) is 7.11 Å². The SMILES string of the molecule is COc1ccc(CN=C(NCc2nnc(C)n2C)NC2CCCC(C)C2)cc1.I. The predicted molar refractivity (Wildman–Crippen MR) is 127 cm³/mol. The number of benzene rings is 1. The van der Waals surface area contributed by atoms with E-state index in [1.807, 2.05) is 30.7 Å². The number of aliphatic imine (C=N–C) groups is 1. The number of ether oxygens (including phenoxy) is 1. The largest absolute Gasteiger partial charge is 0.497 e. The van der Waals surface area contributed by atoms with Crippen LogP contribution in [0.2, 0.25) is 0 Å². The number of nitrogens with zero attached hydrogens (tertiary/aromatic N) is 4. The molecule has 1 aliphatic carbocycles. The highest BCUT2D eigenvalue weighted by Crippen LogP contribution is 2.23. The summed E-state index contributed by atoms with van der Waals surface area (Å²) in [6.07, 6.45) is 4.97. The molecule has 0 saturated heterocycles. The van der Waals surface area contributed by atoms with E-state index in [2.05, 4.69) is 39.9 Å². The molecule has 3 rings (SSSR count). The first-order valence-corrected chi connectivity index (χ1v) is 10.1. The number of nitrogens with one attached hydrogen (secondary N) is 2. The van der Waals surface area contributed by atoms with E-state index in [-0.39, 0.29) is 24.0 Å². The second-order valence-corrected chi connectivity index (χ2v) is 7.70. The van der Waals surface area contributed by atoms with Crippen LogP contribution in [0.5, 0.6) is 5.75 Å². The van der Waals surface area contributed by atoms with Crippen molar-refractivity contribution in [3.63, 3.8) is 0 Å². The molecule has 2 atom stereocenters. The van der Waals surface area contributed by atoms with E-state index in [4.69, 9.17) is 9.73 Å². The monoisotopic (exact) mass is 512 g/mol. The van der Waals surface area contributed by atoms with Crippen molar-refractivity contribution < 1.29 is 4.74 Å². The van der Waals surface area contributed by atoms with Gasteiger partial charge in [-0.2, -0.15) is 0 Å². The van der Waals surface area contributed by atoms with Gasteiger partial charge in [-0.1, -0.05) is 31.9 Å². The van der Waals surface area contributed by atoms with Crippen LogP contribution >= 0.6 is 24.0 Å². The highest BCUT2D eigenvalue weighted by Gasteiger charge is 2.20. The molecule has 1 fully saturated rings. The zero-order chi connectivity index (χ0) is 19.9. The Morgan fingerprint density at radius 1 is 1.24 bits per heavy atom. The molecule has 0 bridgehead atoms. The molecule has 8 heteroatoms. The van der Waals surface area contributed by atoms with Crippen molar-refractivity contribution in [2.45, 2.75) is 58.7 Å². The van der Waals surface area contributed by atoms with Crippen molar-refractivity contribution in [1.82, 2.24) is 25.4 Å². The van der Waals surface area contributed by atoms with Gasteiger partial charge in [-0.3, -0.25) is 0 Å². The van der Waals surface area contributed by atoms with Gasteiger partial charge < -0.3 is 19.9 Å². The van der Waals surface area contributed by atoms with Gasteiger partial charge in [0.2, 0.25) is 0 Å².